The van der Waals surface area contributed by atoms with Crippen LogP contribution >= 0.6 is 0 Å². The number of rotatable bonds is 8. The molecule has 0 saturated carbocycles. The van der Waals surface area contributed by atoms with Gasteiger partial charge in [-0.3, -0.25) is 4.90 Å². The average molecular weight is 444 g/mol. The van der Waals surface area contributed by atoms with Gasteiger partial charge in [-0.2, -0.15) is 0 Å². The molecule has 0 radical (unpaired) electrons. The van der Waals surface area contributed by atoms with Gasteiger partial charge in [-0.25, -0.2) is 0 Å². The van der Waals surface area contributed by atoms with E-state index < -0.39 is 0 Å². The topological polar surface area (TPSA) is 41.9 Å². The number of hydrogen-bond donors (Lipinski definition) is 1. The molecule has 4 nitrogen and oxygen atoms in total. The molecule has 0 aromatic heterocycles. The van der Waals surface area contributed by atoms with E-state index in [9.17, 15) is 5.11 Å². The van der Waals surface area contributed by atoms with Crippen LogP contribution in [0.15, 0.2) is 60.7 Å². The lowest BCUT2D eigenvalue weighted by Gasteiger charge is -2.25. The second-order valence-electron chi connectivity index (χ2n) is 8.57. The van der Waals surface area contributed by atoms with E-state index in [4.69, 9.17) is 9.47 Å². The van der Waals surface area contributed by atoms with Crippen molar-refractivity contribution in [2.45, 2.75) is 32.4 Å². The van der Waals surface area contributed by atoms with Crippen LogP contribution in [0.2, 0.25) is 0 Å². The quantitative estimate of drug-likeness (QED) is 0.446. The second-order valence-corrected chi connectivity index (χ2v) is 8.57. The summed E-state index contributed by atoms with van der Waals surface area (Å²) in [5, 5.41) is 9.69. The maximum absolute atomic E-state index is 9.69. The third-order valence-electron chi connectivity index (χ3n) is 6.62. The molecule has 3 aromatic carbocycles. The minimum atomic E-state index is 0.187. The molecule has 0 aliphatic carbocycles. The molecule has 0 amide bonds. The van der Waals surface area contributed by atoms with Gasteiger partial charge >= 0.3 is 0 Å². The maximum atomic E-state index is 9.69. The Morgan fingerprint density at radius 3 is 2.36 bits per heavy atom. The van der Waals surface area contributed by atoms with E-state index in [1.165, 1.54) is 22.3 Å². The Bertz CT molecular complexity index is 1080. The largest absolute Gasteiger partial charge is 0.496 e. The van der Waals surface area contributed by atoms with E-state index >= 15 is 0 Å². The first-order chi connectivity index (χ1) is 16.1. The first-order valence-electron chi connectivity index (χ1n) is 11.6. The molecule has 1 aliphatic rings. The molecule has 172 valence electrons. The molecular formula is C29H33NO3. The average Bonchev–Trinajstić information content (AvgIpc) is 3.31. The maximum Gasteiger partial charge on any atom is 0.127 e. The fraction of sp³-hybridized carbons (Fsp3) is 0.310. The van der Waals surface area contributed by atoms with E-state index in [-0.39, 0.29) is 12.6 Å². The molecule has 0 bridgehead atoms. The standard InChI is InChI=1S/C29H33NO3/c1-21-23(11-7-13-26(21)24-9-5-4-6-10-24)15-14-22-17-28(32-2)27(29(18-22)33-3)19-30-16-8-12-25(30)20-31/h4-7,9-11,13-15,17-18,25,31H,8,12,16,19-20H2,1-3H3. The van der Waals surface area contributed by atoms with Crippen molar-refractivity contribution in [3.8, 4) is 22.6 Å². The van der Waals surface area contributed by atoms with Crippen LogP contribution in [-0.2, 0) is 6.54 Å². The number of ether oxygens (including phenoxy) is 2. The van der Waals surface area contributed by atoms with Gasteiger partial charge in [-0.05, 0) is 66.3 Å². The molecule has 1 atom stereocenters. The Labute approximate surface area is 197 Å². The fourth-order valence-corrected chi connectivity index (χ4v) is 4.72. The van der Waals surface area contributed by atoms with Crippen molar-refractivity contribution in [1.29, 1.82) is 0 Å². The van der Waals surface area contributed by atoms with Gasteiger partial charge < -0.3 is 14.6 Å². The van der Waals surface area contributed by atoms with Crippen LogP contribution in [0.4, 0.5) is 0 Å². The molecule has 1 fully saturated rings. The third-order valence-corrected chi connectivity index (χ3v) is 6.62. The predicted octanol–water partition coefficient (Wildman–Crippen LogP) is 5.81. The fourth-order valence-electron chi connectivity index (χ4n) is 4.72. The molecular weight excluding hydrogens is 410 g/mol. The smallest absolute Gasteiger partial charge is 0.127 e. The highest BCUT2D eigenvalue weighted by molar-refractivity contribution is 5.78. The van der Waals surface area contributed by atoms with E-state index in [0.717, 1.165) is 42.0 Å². The van der Waals surface area contributed by atoms with Crippen LogP contribution in [0.5, 0.6) is 11.5 Å². The first-order valence-corrected chi connectivity index (χ1v) is 11.6. The minimum Gasteiger partial charge on any atom is -0.496 e. The summed E-state index contributed by atoms with van der Waals surface area (Å²) in [6.45, 7) is 4.04. The predicted molar refractivity (Wildman–Crippen MR) is 136 cm³/mol. The zero-order valence-corrected chi connectivity index (χ0v) is 19.8. The highest BCUT2D eigenvalue weighted by atomic mass is 16.5. The van der Waals surface area contributed by atoms with Crippen LogP contribution in [0, 0.1) is 6.92 Å². The zero-order valence-electron chi connectivity index (χ0n) is 19.8. The van der Waals surface area contributed by atoms with Crippen LogP contribution in [0.1, 0.15) is 35.1 Å². The number of hydrogen-bond acceptors (Lipinski definition) is 4. The Hall–Kier alpha value is -3.08. The zero-order chi connectivity index (χ0) is 23.2. The monoisotopic (exact) mass is 443 g/mol. The summed E-state index contributed by atoms with van der Waals surface area (Å²) in [4.78, 5) is 2.31. The molecule has 1 heterocycles. The van der Waals surface area contributed by atoms with Crippen LogP contribution < -0.4 is 9.47 Å². The van der Waals surface area contributed by atoms with Gasteiger partial charge in [-0.15, -0.1) is 0 Å². The first kappa shape index (κ1) is 23.1. The Kier molecular flexibility index (Phi) is 7.48. The molecule has 4 heteroatoms. The van der Waals surface area contributed by atoms with Crippen LogP contribution in [0.3, 0.4) is 0 Å². The van der Waals surface area contributed by atoms with E-state index in [0.29, 0.717) is 6.54 Å². The lowest BCUT2D eigenvalue weighted by molar-refractivity contribution is 0.151. The van der Waals surface area contributed by atoms with Gasteiger partial charge in [0.05, 0.1) is 26.4 Å². The molecule has 1 saturated heterocycles. The third kappa shape index (κ3) is 5.13. The van der Waals surface area contributed by atoms with Crippen molar-refractivity contribution in [3.63, 3.8) is 0 Å². The molecule has 33 heavy (non-hydrogen) atoms. The van der Waals surface area contributed by atoms with Gasteiger partial charge in [-0.1, -0.05) is 60.7 Å². The van der Waals surface area contributed by atoms with Crippen molar-refractivity contribution in [3.05, 3.63) is 82.9 Å². The molecule has 4 rings (SSSR count). The lowest BCUT2D eigenvalue weighted by atomic mass is 9.96. The summed E-state index contributed by atoms with van der Waals surface area (Å²) in [7, 11) is 3.40. The minimum absolute atomic E-state index is 0.187. The number of likely N-dealkylation sites (tertiary alicyclic amines) is 1. The molecule has 1 unspecified atom stereocenters. The lowest BCUT2D eigenvalue weighted by Crippen LogP contribution is -2.31. The van der Waals surface area contributed by atoms with E-state index in [1.54, 1.807) is 14.2 Å². The number of aliphatic hydroxyl groups excluding tert-OH is 1. The Balaban J connectivity index is 1.63. The van der Waals surface area contributed by atoms with Crippen molar-refractivity contribution < 1.29 is 14.6 Å². The molecule has 3 aromatic rings. The SMILES string of the molecule is COc1cc(C=Cc2cccc(-c3ccccc3)c2C)cc(OC)c1CN1CCCC1CO. The molecule has 1 aliphatic heterocycles. The highest BCUT2D eigenvalue weighted by Gasteiger charge is 2.26. The second kappa shape index (κ2) is 10.7. The van der Waals surface area contributed by atoms with Gasteiger partial charge in [0.1, 0.15) is 11.5 Å². The van der Waals surface area contributed by atoms with Gasteiger partial charge in [0.15, 0.2) is 0 Å². The number of benzene rings is 3. The van der Waals surface area contributed by atoms with Crippen molar-refractivity contribution in [1.82, 2.24) is 4.90 Å². The summed E-state index contributed by atoms with van der Waals surface area (Å²) >= 11 is 0. The van der Waals surface area contributed by atoms with Gasteiger partial charge in [0, 0.05) is 12.6 Å². The number of nitrogens with zero attached hydrogens (tertiary/aromatic N) is 1. The van der Waals surface area contributed by atoms with Crippen molar-refractivity contribution >= 4 is 12.2 Å². The molecule has 1 N–H and O–H groups in total. The van der Waals surface area contributed by atoms with E-state index in [1.807, 2.05) is 6.07 Å². The summed E-state index contributed by atoms with van der Waals surface area (Å²) in [6, 6.07) is 21.2. The van der Waals surface area contributed by atoms with E-state index in [2.05, 4.69) is 78.6 Å². The van der Waals surface area contributed by atoms with Crippen LogP contribution in [0.25, 0.3) is 23.3 Å². The van der Waals surface area contributed by atoms with Gasteiger partial charge in [0.25, 0.3) is 0 Å². The number of methoxy groups -OCH3 is 2. The highest BCUT2D eigenvalue weighted by Crippen LogP contribution is 2.35. The Morgan fingerprint density at radius 1 is 0.970 bits per heavy atom. The summed E-state index contributed by atoms with van der Waals surface area (Å²) in [6.07, 6.45) is 6.40. The normalized spacial score (nSPS) is 16.4. The van der Waals surface area contributed by atoms with Crippen LogP contribution in [-0.4, -0.2) is 43.4 Å². The van der Waals surface area contributed by atoms with Gasteiger partial charge in [0.2, 0.25) is 0 Å². The molecule has 0 spiro atoms. The Morgan fingerprint density at radius 2 is 1.70 bits per heavy atom. The van der Waals surface area contributed by atoms with Crippen molar-refractivity contribution in [2.75, 3.05) is 27.4 Å². The number of aliphatic hydroxyl groups is 1. The summed E-state index contributed by atoms with van der Waals surface area (Å²) < 4.78 is 11.5. The summed E-state index contributed by atoms with van der Waals surface area (Å²) in [5.74, 6) is 1.62. The summed E-state index contributed by atoms with van der Waals surface area (Å²) in [5.41, 5.74) is 6.95. The van der Waals surface area contributed by atoms with Crippen molar-refractivity contribution in [2.24, 2.45) is 0 Å².